The highest BCUT2D eigenvalue weighted by Crippen LogP contribution is 2.39. The smallest absolute Gasteiger partial charge is 0.341 e. The van der Waals surface area contributed by atoms with Gasteiger partial charge >= 0.3 is 11.9 Å². The van der Waals surface area contributed by atoms with Crippen molar-refractivity contribution in [2.45, 2.75) is 30.5 Å². The molecule has 2 aromatic rings. The second-order valence-electron chi connectivity index (χ2n) is 5.84. The molecule has 1 unspecified atom stereocenters. The van der Waals surface area contributed by atoms with E-state index in [0.29, 0.717) is 0 Å². The number of esters is 1. The first-order chi connectivity index (χ1) is 13.3. The highest BCUT2D eigenvalue weighted by Gasteiger charge is 2.43. The van der Waals surface area contributed by atoms with Crippen molar-refractivity contribution in [2.24, 2.45) is 0 Å². The Morgan fingerprint density at radius 3 is 2.82 bits per heavy atom. The molecule has 146 valence electrons. The Morgan fingerprint density at radius 1 is 1.39 bits per heavy atom. The van der Waals surface area contributed by atoms with Gasteiger partial charge in [-0.25, -0.2) is 19.5 Å². The number of rotatable bonds is 6. The van der Waals surface area contributed by atoms with Crippen LogP contribution in [0.5, 0.6) is 0 Å². The van der Waals surface area contributed by atoms with Gasteiger partial charge in [-0.2, -0.15) is 0 Å². The van der Waals surface area contributed by atoms with E-state index in [4.69, 9.17) is 4.74 Å². The minimum Gasteiger partial charge on any atom is -0.478 e. The molecular formula is C18H16N2O6S2. The number of ether oxygens (including phenoxy) is 1. The molecule has 0 aliphatic carbocycles. The van der Waals surface area contributed by atoms with Crippen molar-refractivity contribution < 1.29 is 29.0 Å². The summed E-state index contributed by atoms with van der Waals surface area (Å²) in [5.41, 5.74) is 0.131. The summed E-state index contributed by atoms with van der Waals surface area (Å²) in [5.74, 6) is -2.73. The maximum absolute atomic E-state index is 12.9. The lowest BCUT2D eigenvalue weighted by atomic mass is 10.3. The van der Waals surface area contributed by atoms with E-state index < -0.39 is 29.0 Å². The average Bonchev–Trinajstić information content (AvgIpc) is 3.15. The van der Waals surface area contributed by atoms with Crippen LogP contribution in [0.4, 0.5) is 5.00 Å². The number of amides is 2. The summed E-state index contributed by atoms with van der Waals surface area (Å²) in [5, 5.41) is 8.84. The predicted octanol–water partition coefficient (Wildman–Crippen LogP) is 2.75. The number of nitrogens with zero attached hydrogens (tertiary/aromatic N) is 2. The van der Waals surface area contributed by atoms with Crippen LogP contribution in [0.2, 0.25) is 0 Å². The highest BCUT2D eigenvalue weighted by atomic mass is 32.2. The van der Waals surface area contributed by atoms with Gasteiger partial charge in [0.1, 0.15) is 10.0 Å². The zero-order valence-electron chi connectivity index (χ0n) is 15.0. The van der Waals surface area contributed by atoms with Crippen LogP contribution in [-0.2, 0) is 14.3 Å². The molecule has 3 heterocycles. The van der Waals surface area contributed by atoms with Gasteiger partial charge in [0.05, 0.1) is 23.0 Å². The number of imide groups is 1. The number of hydrogen-bond acceptors (Lipinski definition) is 8. The second-order valence-corrected chi connectivity index (χ2v) is 8.26. The van der Waals surface area contributed by atoms with Crippen molar-refractivity contribution in [1.82, 2.24) is 4.98 Å². The van der Waals surface area contributed by atoms with Crippen LogP contribution >= 0.6 is 23.1 Å². The monoisotopic (exact) mass is 420 g/mol. The molecule has 1 N–H and O–H groups in total. The fourth-order valence-electron chi connectivity index (χ4n) is 2.71. The second kappa shape index (κ2) is 8.11. The SMILES string of the molecule is CCOC(=O)c1cc(C)sc1N1C(=O)CC(Sc2ncccc2C(=O)O)C1=O. The number of carbonyl (C=O) groups excluding carboxylic acids is 3. The van der Waals surface area contributed by atoms with E-state index >= 15 is 0 Å². The predicted molar refractivity (Wildman–Crippen MR) is 103 cm³/mol. The van der Waals surface area contributed by atoms with Gasteiger partial charge in [-0.1, -0.05) is 11.8 Å². The molecule has 2 aromatic heterocycles. The number of anilines is 1. The van der Waals surface area contributed by atoms with Gasteiger partial charge in [0, 0.05) is 17.5 Å². The van der Waals surface area contributed by atoms with Crippen LogP contribution in [0.25, 0.3) is 0 Å². The molecule has 8 nitrogen and oxygen atoms in total. The first-order valence-corrected chi connectivity index (χ1v) is 10.0. The van der Waals surface area contributed by atoms with Crippen molar-refractivity contribution >= 4 is 51.9 Å². The van der Waals surface area contributed by atoms with Crippen molar-refractivity contribution in [1.29, 1.82) is 0 Å². The number of thiophene rings is 1. The molecular weight excluding hydrogens is 404 g/mol. The minimum absolute atomic E-state index is 0.0367. The third-order valence-electron chi connectivity index (χ3n) is 3.89. The molecule has 0 aromatic carbocycles. The van der Waals surface area contributed by atoms with E-state index in [1.165, 1.54) is 18.3 Å². The number of carboxylic acid groups (broad SMARTS) is 1. The van der Waals surface area contributed by atoms with E-state index in [1.54, 1.807) is 19.9 Å². The summed E-state index contributed by atoms with van der Waals surface area (Å²) < 4.78 is 5.01. The van der Waals surface area contributed by atoms with Gasteiger partial charge in [-0.15, -0.1) is 11.3 Å². The topological polar surface area (TPSA) is 114 Å². The van der Waals surface area contributed by atoms with E-state index in [1.807, 2.05) is 0 Å². The summed E-state index contributed by atoms with van der Waals surface area (Å²) in [6.07, 6.45) is 1.31. The van der Waals surface area contributed by atoms with Crippen LogP contribution in [0.15, 0.2) is 29.4 Å². The molecule has 0 spiro atoms. The Bertz CT molecular complexity index is 971. The van der Waals surface area contributed by atoms with Crippen LogP contribution in [0.3, 0.4) is 0 Å². The zero-order chi connectivity index (χ0) is 20.4. The van der Waals surface area contributed by atoms with Crippen LogP contribution < -0.4 is 4.90 Å². The van der Waals surface area contributed by atoms with Crippen molar-refractivity contribution in [3.8, 4) is 0 Å². The van der Waals surface area contributed by atoms with Crippen LogP contribution in [0, 0.1) is 6.92 Å². The summed E-state index contributed by atoms with van der Waals surface area (Å²) in [6, 6.07) is 4.46. The first-order valence-electron chi connectivity index (χ1n) is 8.32. The molecule has 1 atom stereocenters. The number of aromatic carboxylic acids is 1. The first kappa shape index (κ1) is 20.0. The van der Waals surface area contributed by atoms with Gasteiger partial charge in [0.25, 0.3) is 0 Å². The number of carboxylic acids is 1. The number of hydrogen-bond donors (Lipinski definition) is 1. The number of thioether (sulfide) groups is 1. The van der Waals surface area contributed by atoms with Crippen LogP contribution in [0.1, 0.15) is 38.9 Å². The number of aryl methyl sites for hydroxylation is 1. The Hall–Kier alpha value is -2.72. The molecule has 2 amide bonds. The maximum atomic E-state index is 12.9. The van der Waals surface area contributed by atoms with Crippen molar-refractivity contribution in [2.75, 3.05) is 11.5 Å². The molecule has 0 radical (unpaired) electrons. The van der Waals surface area contributed by atoms with Gasteiger partial charge < -0.3 is 9.84 Å². The third kappa shape index (κ3) is 3.78. The molecule has 0 bridgehead atoms. The fourth-order valence-corrected chi connectivity index (χ4v) is 4.84. The molecule has 1 aliphatic rings. The Balaban J connectivity index is 1.90. The molecule has 1 saturated heterocycles. The summed E-state index contributed by atoms with van der Waals surface area (Å²) in [6.45, 7) is 3.61. The number of aromatic nitrogens is 1. The van der Waals surface area contributed by atoms with Crippen molar-refractivity contribution in [3.05, 3.63) is 40.4 Å². The quantitative estimate of drug-likeness (QED) is 0.560. The fraction of sp³-hybridized carbons (Fsp3) is 0.278. The van der Waals surface area contributed by atoms with Gasteiger partial charge in [-0.3, -0.25) is 9.59 Å². The molecule has 3 rings (SSSR count). The lowest BCUT2D eigenvalue weighted by Crippen LogP contribution is -2.31. The zero-order valence-corrected chi connectivity index (χ0v) is 16.6. The molecule has 1 fully saturated rings. The molecule has 28 heavy (non-hydrogen) atoms. The van der Waals surface area contributed by atoms with Gasteiger partial charge in [-0.05, 0) is 32.0 Å². The lowest BCUT2D eigenvalue weighted by Gasteiger charge is -2.15. The standard InChI is InChI=1S/C18H16N2O6S2/c1-3-26-18(25)11-7-9(2)27-16(11)20-13(21)8-12(15(20)22)28-14-10(17(23)24)5-4-6-19-14/h4-7,12H,3,8H2,1-2H3,(H,23,24). The Morgan fingerprint density at radius 2 is 2.14 bits per heavy atom. The highest BCUT2D eigenvalue weighted by molar-refractivity contribution is 8.00. The van der Waals surface area contributed by atoms with Gasteiger partial charge in [0.2, 0.25) is 11.8 Å². The molecule has 1 aliphatic heterocycles. The maximum Gasteiger partial charge on any atom is 0.341 e. The summed E-state index contributed by atoms with van der Waals surface area (Å²) in [4.78, 5) is 54.8. The Kier molecular flexibility index (Phi) is 5.80. The molecule has 10 heteroatoms. The average molecular weight is 420 g/mol. The normalized spacial score (nSPS) is 16.5. The summed E-state index contributed by atoms with van der Waals surface area (Å²) >= 11 is 2.09. The lowest BCUT2D eigenvalue weighted by molar-refractivity contribution is -0.121. The van der Waals surface area contributed by atoms with E-state index in [2.05, 4.69) is 4.98 Å². The van der Waals surface area contributed by atoms with E-state index in [-0.39, 0.29) is 34.2 Å². The van der Waals surface area contributed by atoms with E-state index in [9.17, 15) is 24.3 Å². The van der Waals surface area contributed by atoms with Crippen molar-refractivity contribution in [3.63, 3.8) is 0 Å². The third-order valence-corrected chi connectivity index (χ3v) is 6.13. The van der Waals surface area contributed by atoms with Gasteiger partial charge in [0.15, 0.2) is 0 Å². The molecule has 0 saturated carbocycles. The minimum atomic E-state index is -1.16. The summed E-state index contributed by atoms with van der Waals surface area (Å²) in [7, 11) is 0. The number of carbonyl (C=O) groups is 4. The van der Waals surface area contributed by atoms with E-state index in [0.717, 1.165) is 32.9 Å². The Labute approximate surface area is 168 Å². The van der Waals surface area contributed by atoms with Crippen LogP contribution in [-0.4, -0.2) is 45.7 Å². The number of pyridine rings is 1. The largest absolute Gasteiger partial charge is 0.478 e.